The number of hydrogen-bond donors (Lipinski definition) is 1. The second-order valence-electron chi connectivity index (χ2n) is 7.09. The van der Waals surface area contributed by atoms with Crippen molar-refractivity contribution in [3.63, 3.8) is 0 Å². The fourth-order valence-electron chi connectivity index (χ4n) is 3.78. The van der Waals surface area contributed by atoms with E-state index in [-0.39, 0.29) is 11.7 Å². The molecule has 7 nitrogen and oxygen atoms in total. The zero-order valence-electron chi connectivity index (χ0n) is 17.1. The first-order valence-corrected chi connectivity index (χ1v) is 10.9. The molecule has 0 spiro atoms. The number of aromatic nitrogens is 3. The van der Waals surface area contributed by atoms with Crippen molar-refractivity contribution >= 4 is 45.2 Å². The zero-order valence-corrected chi connectivity index (χ0v) is 17.9. The van der Waals surface area contributed by atoms with Crippen molar-refractivity contribution in [1.29, 1.82) is 0 Å². The lowest BCUT2D eigenvalue weighted by Gasteiger charge is -2.06. The van der Waals surface area contributed by atoms with Crippen LogP contribution in [0.15, 0.2) is 68.9 Å². The number of anilines is 1. The van der Waals surface area contributed by atoms with Gasteiger partial charge >= 0.3 is 0 Å². The Kier molecular flexibility index (Phi) is 4.99. The summed E-state index contributed by atoms with van der Waals surface area (Å²) in [4.78, 5) is 12.5. The van der Waals surface area contributed by atoms with E-state index >= 15 is 0 Å². The molecule has 0 aliphatic rings. The van der Waals surface area contributed by atoms with Gasteiger partial charge in [-0.1, -0.05) is 30.0 Å². The maximum atomic E-state index is 12.5. The van der Waals surface area contributed by atoms with E-state index in [9.17, 15) is 4.79 Å². The Hall–Kier alpha value is -3.52. The summed E-state index contributed by atoms with van der Waals surface area (Å²) in [5, 5.41) is 13.6. The Morgan fingerprint density at radius 2 is 1.94 bits per heavy atom. The fraction of sp³-hybridized carbons (Fsp3) is 0.174. The highest BCUT2D eigenvalue weighted by Gasteiger charge is 2.15. The molecule has 0 saturated carbocycles. The molecule has 0 radical (unpaired) electrons. The minimum atomic E-state index is -0.136. The van der Waals surface area contributed by atoms with Gasteiger partial charge in [-0.05, 0) is 44.2 Å². The Morgan fingerprint density at radius 3 is 2.74 bits per heavy atom. The van der Waals surface area contributed by atoms with Gasteiger partial charge in [0.1, 0.15) is 5.76 Å². The van der Waals surface area contributed by atoms with Crippen molar-refractivity contribution in [2.75, 3.05) is 11.1 Å². The number of carbonyl (C=O) groups is 1. The van der Waals surface area contributed by atoms with E-state index in [0.717, 1.165) is 28.7 Å². The molecule has 2 aromatic carbocycles. The van der Waals surface area contributed by atoms with Crippen molar-refractivity contribution < 1.29 is 13.6 Å². The molecule has 0 saturated heterocycles. The topological polar surface area (TPSA) is 86.1 Å². The molecule has 156 valence electrons. The molecule has 0 unspecified atom stereocenters. The first kappa shape index (κ1) is 19.4. The quantitative estimate of drug-likeness (QED) is 0.357. The van der Waals surface area contributed by atoms with Gasteiger partial charge < -0.3 is 18.7 Å². The molecule has 1 amide bonds. The van der Waals surface area contributed by atoms with Crippen LogP contribution in [0.25, 0.3) is 33.3 Å². The number of carbonyl (C=O) groups excluding carboxylic acids is 1. The summed E-state index contributed by atoms with van der Waals surface area (Å²) in [6.07, 6.45) is 1.57. The van der Waals surface area contributed by atoms with Gasteiger partial charge in [0.05, 0.1) is 17.6 Å². The molecule has 0 aliphatic carbocycles. The van der Waals surface area contributed by atoms with Gasteiger partial charge in [-0.15, -0.1) is 10.2 Å². The molecule has 1 N–H and O–H groups in total. The predicted molar refractivity (Wildman–Crippen MR) is 121 cm³/mol. The third-order valence-electron chi connectivity index (χ3n) is 5.19. The average molecular weight is 433 g/mol. The first-order valence-electron chi connectivity index (χ1n) is 9.95. The molecule has 3 aromatic heterocycles. The van der Waals surface area contributed by atoms with E-state index in [2.05, 4.69) is 45.2 Å². The smallest absolute Gasteiger partial charge is 0.277 e. The highest BCUT2D eigenvalue weighted by atomic mass is 32.2. The normalized spacial score (nSPS) is 11.4. The van der Waals surface area contributed by atoms with E-state index < -0.39 is 0 Å². The number of furan rings is 1. The third kappa shape index (κ3) is 3.59. The molecule has 0 bridgehead atoms. The van der Waals surface area contributed by atoms with Crippen LogP contribution in [-0.4, -0.2) is 26.4 Å². The van der Waals surface area contributed by atoms with E-state index in [1.54, 1.807) is 12.3 Å². The highest BCUT2D eigenvalue weighted by molar-refractivity contribution is 7.99. The number of para-hydroxylation sites is 1. The van der Waals surface area contributed by atoms with Crippen molar-refractivity contribution in [3.05, 3.63) is 60.6 Å². The van der Waals surface area contributed by atoms with Gasteiger partial charge in [0.25, 0.3) is 11.1 Å². The first-order chi connectivity index (χ1) is 15.1. The largest absolute Gasteiger partial charge is 0.469 e. The molecule has 31 heavy (non-hydrogen) atoms. The Labute approximate surface area is 182 Å². The van der Waals surface area contributed by atoms with Gasteiger partial charge in [0, 0.05) is 34.0 Å². The zero-order chi connectivity index (χ0) is 21.4. The number of hydrogen-bond acceptors (Lipinski definition) is 6. The summed E-state index contributed by atoms with van der Waals surface area (Å²) >= 11 is 1.20. The number of thioether (sulfide) groups is 1. The second kappa shape index (κ2) is 7.96. The van der Waals surface area contributed by atoms with Crippen LogP contribution in [0.3, 0.4) is 0 Å². The lowest BCUT2D eigenvalue weighted by molar-refractivity contribution is -0.113. The highest BCUT2D eigenvalue weighted by Crippen LogP contribution is 2.31. The van der Waals surface area contributed by atoms with Crippen LogP contribution in [0.5, 0.6) is 0 Å². The van der Waals surface area contributed by atoms with Crippen LogP contribution < -0.4 is 5.32 Å². The van der Waals surface area contributed by atoms with Crippen molar-refractivity contribution in [2.24, 2.45) is 0 Å². The number of amides is 1. The summed E-state index contributed by atoms with van der Waals surface area (Å²) in [5.41, 5.74) is 3.86. The van der Waals surface area contributed by atoms with Crippen LogP contribution in [0.2, 0.25) is 0 Å². The number of fused-ring (bicyclic) bond motifs is 3. The Balaban J connectivity index is 1.30. The number of nitrogens with zero attached hydrogens (tertiary/aromatic N) is 3. The predicted octanol–water partition coefficient (Wildman–Crippen LogP) is 5.50. The fourth-order valence-corrected chi connectivity index (χ4v) is 4.34. The van der Waals surface area contributed by atoms with E-state index in [0.29, 0.717) is 16.9 Å². The van der Waals surface area contributed by atoms with Gasteiger partial charge in [0.15, 0.2) is 0 Å². The molecule has 8 heteroatoms. The van der Waals surface area contributed by atoms with Crippen LogP contribution in [0.1, 0.15) is 12.7 Å². The summed E-state index contributed by atoms with van der Waals surface area (Å²) in [5.74, 6) is 1.12. The van der Waals surface area contributed by atoms with Crippen LogP contribution in [0, 0.1) is 6.92 Å². The number of nitrogens with one attached hydrogen (secondary N) is 1. The van der Waals surface area contributed by atoms with Crippen molar-refractivity contribution in [1.82, 2.24) is 14.8 Å². The molecule has 0 fully saturated rings. The molecular formula is C23H20N4O3S. The lowest BCUT2D eigenvalue weighted by atomic mass is 10.1. The Morgan fingerprint density at radius 1 is 1.10 bits per heavy atom. The molecular weight excluding hydrogens is 412 g/mol. The summed E-state index contributed by atoms with van der Waals surface area (Å²) in [6.45, 7) is 4.85. The Bertz CT molecular complexity index is 1400. The van der Waals surface area contributed by atoms with Crippen LogP contribution in [0.4, 0.5) is 5.69 Å². The summed E-state index contributed by atoms with van der Waals surface area (Å²) < 4.78 is 13.2. The molecule has 5 rings (SSSR count). The van der Waals surface area contributed by atoms with Gasteiger partial charge in [-0.25, -0.2) is 0 Å². The maximum absolute atomic E-state index is 12.5. The molecule has 0 aliphatic heterocycles. The summed E-state index contributed by atoms with van der Waals surface area (Å²) in [6, 6.07) is 16.1. The van der Waals surface area contributed by atoms with E-state index in [4.69, 9.17) is 8.83 Å². The third-order valence-corrected chi connectivity index (χ3v) is 6.01. The number of rotatable bonds is 6. The number of aryl methyl sites for hydroxylation is 2. The average Bonchev–Trinajstić information content (AvgIpc) is 3.49. The van der Waals surface area contributed by atoms with Crippen molar-refractivity contribution in [2.45, 2.75) is 25.6 Å². The monoisotopic (exact) mass is 432 g/mol. The molecule has 0 atom stereocenters. The van der Waals surface area contributed by atoms with Crippen LogP contribution in [-0.2, 0) is 11.3 Å². The minimum Gasteiger partial charge on any atom is -0.469 e. The van der Waals surface area contributed by atoms with E-state index in [1.807, 2.05) is 31.2 Å². The van der Waals surface area contributed by atoms with Crippen molar-refractivity contribution in [3.8, 4) is 11.5 Å². The molecule has 3 heterocycles. The van der Waals surface area contributed by atoms with Gasteiger partial charge in [-0.3, -0.25) is 4.79 Å². The minimum absolute atomic E-state index is 0.136. The lowest BCUT2D eigenvalue weighted by Crippen LogP contribution is -2.13. The van der Waals surface area contributed by atoms with E-state index in [1.165, 1.54) is 22.7 Å². The SMILES string of the molecule is CCn1c2ccccc2c2cc(NC(=O)CSc3nnc(-c4ccoc4C)o3)ccc21. The maximum Gasteiger partial charge on any atom is 0.277 e. The second-order valence-corrected chi connectivity index (χ2v) is 8.02. The van der Waals surface area contributed by atoms with Gasteiger partial charge in [-0.2, -0.15) is 0 Å². The summed E-state index contributed by atoms with van der Waals surface area (Å²) in [7, 11) is 0. The molecule has 5 aromatic rings. The standard InChI is InChI=1S/C23H20N4O3S/c1-3-27-19-7-5-4-6-17(19)18-12-15(8-9-20(18)27)24-21(28)13-31-23-26-25-22(30-23)16-10-11-29-14(16)2/h4-12H,3,13H2,1-2H3,(H,24,28). The van der Waals surface area contributed by atoms with Gasteiger partial charge in [0.2, 0.25) is 5.91 Å². The number of benzene rings is 2. The van der Waals surface area contributed by atoms with Crippen LogP contribution >= 0.6 is 11.8 Å².